The molecular formula is C16H14ClNO2S3. The molecule has 0 bridgehead atoms. The molecule has 1 aromatic heterocycles. The smallest absolute Gasteiger partial charge is 0.155 e. The number of hydrogen-bond donors (Lipinski definition) is 0. The molecule has 7 heteroatoms. The van der Waals surface area contributed by atoms with Crippen molar-refractivity contribution in [3.63, 3.8) is 0 Å². The molecule has 0 atom stereocenters. The van der Waals surface area contributed by atoms with E-state index in [4.69, 9.17) is 11.6 Å². The van der Waals surface area contributed by atoms with Crippen LogP contribution in [0.3, 0.4) is 0 Å². The molecule has 0 aliphatic carbocycles. The van der Waals surface area contributed by atoms with E-state index in [1.807, 2.05) is 24.3 Å². The van der Waals surface area contributed by atoms with Crippen LogP contribution in [0.4, 0.5) is 0 Å². The lowest BCUT2D eigenvalue weighted by Crippen LogP contribution is -2.11. The second-order valence-corrected chi connectivity index (χ2v) is 10.0. The molecule has 0 amide bonds. The highest BCUT2D eigenvalue weighted by Crippen LogP contribution is 2.29. The Kier molecular flexibility index (Phi) is 5.26. The van der Waals surface area contributed by atoms with Crippen LogP contribution in [-0.4, -0.2) is 24.9 Å². The van der Waals surface area contributed by atoms with Crippen LogP contribution in [0.5, 0.6) is 0 Å². The number of rotatable bonds is 6. The van der Waals surface area contributed by atoms with Gasteiger partial charge in [-0.1, -0.05) is 47.6 Å². The molecule has 2 aromatic carbocycles. The maximum absolute atomic E-state index is 12.2. The Morgan fingerprint density at radius 2 is 1.83 bits per heavy atom. The molecule has 0 radical (unpaired) electrons. The van der Waals surface area contributed by atoms with Crippen LogP contribution in [-0.2, 0) is 15.6 Å². The van der Waals surface area contributed by atoms with E-state index >= 15 is 0 Å². The predicted octanol–water partition coefficient (Wildman–Crippen LogP) is 4.66. The van der Waals surface area contributed by atoms with Gasteiger partial charge in [-0.15, -0.1) is 11.3 Å². The van der Waals surface area contributed by atoms with Crippen LogP contribution in [0.1, 0.15) is 5.56 Å². The van der Waals surface area contributed by atoms with Crippen molar-refractivity contribution in [3.8, 4) is 0 Å². The highest BCUT2D eigenvalue weighted by atomic mass is 35.5. The Labute approximate surface area is 148 Å². The number of halogens is 1. The number of thiazole rings is 1. The Hall–Kier alpha value is -1.08. The minimum atomic E-state index is -3.13. The molecule has 0 spiro atoms. The fourth-order valence-electron chi connectivity index (χ4n) is 2.08. The van der Waals surface area contributed by atoms with Crippen LogP contribution in [0, 0.1) is 0 Å². The number of sulfone groups is 1. The number of benzene rings is 2. The Bertz CT molecular complexity index is 871. The zero-order chi connectivity index (χ0) is 16.3. The first-order valence-electron chi connectivity index (χ1n) is 6.95. The number of aromatic nitrogens is 1. The highest BCUT2D eigenvalue weighted by molar-refractivity contribution is 8.02. The van der Waals surface area contributed by atoms with Crippen LogP contribution in [0.15, 0.2) is 52.9 Å². The standard InChI is InChI=1S/C16H14ClNO2S3/c17-13-7-5-12(6-8-13)11-23(19,20)10-9-21-16-18-14-3-1-2-4-15(14)22-16/h1-8H,9-11H2. The highest BCUT2D eigenvalue weighted by Gasteiger charge is 2.13. The number of nitrogens with zero attached hydrogens (tertiary/aromatic N) is 1. The molecule has 3 aromatic rings. The van der Waals surface area contributed by atoms with Gasteiger partial charge in [0.15, 0.2) is 14.2 Å². The summed E-state index contributed by atoms with van der Waals surface area (Å²) in [5, 5.41) is 0.609. The van der Waals surface area contributed by atoms with Crippen LogP contribution < -0.4 is 0 Å². The van der Waals surface area contributed by atoms with Crippen LogP contribution >= 0.6 is 34.7 Å². The molecule has 120 valence electrons. The third kappa shape index (κ3) is 4.70. The van der Waals surface area contributed by atoms with Crippen molar-refractivity contribution in [1.82, 2.24) is 4.98 Å². The fourth-order valence-corrected chi connectivity index (χ4v) is 6.18. The summed E-state index contributed by atoms with van der Waals surface area (Å²) in [6.45, 7) is 0. The van der Waals surface area contributed by atoms with Crippen LogP contribution in [0.25, 0.3) is 10.2 Å². The average Bonchev–Trinajstić information content (AvgIpc) is 2.92. The Morgan fingerprint density at radius 3 is 2.57 bits per heavy atom. The summed E-state index contributed by atoms with van der Waals surface area (Å²) in [7, 11) is -3.13. The van der Waals surface area contributed by atoms with Crippen molar-refractivity contribution >= 4 is 54.8 Å². The Morgan fingerprint density at radius 1 is 1.09 bits per heavy atom. The van der Waals surface area contributed by atoms with Gasteiger partial charge in [-0.3, -0.25) is 0 Å². The molecule has 0 aliphatic heterocycles. The first-order chi connectivity index (χ1) is 11.0. The molecule has 0 saturated carbocycles. The molecule has 0 unspecified atom stereocenters. The van der Waals surface area contributed by atoms with Gasteiger partial charge in [-0.2, -0.15) is 0 Å². The van der Waals surface area contributed by atoms with E-state index in [9.17, 15) is 8.42 Å². The van der Waals surface area contributed by atoms with Crippen molar-refractivity contribution in [2.45, 2.75) is 10.1 Å². The van der Waals surface area contributed by atoms with Gasteiger partial charge in [0.25, 0.3) is 0 Å². The second kappa shape index (κ2) is 7.21. The molecule has 3 nitrogen and oxygen atoms in total. The third-order valence-corrected chi connectivity index (χ3v) is 7.48. The van der Waals surface area contributed by atoms with Gasteiger partial charge in [0.05, 0.1) is 21.7 Å². The van der Waals surface area contributed by atoms with Crippen LogP contribution in [0.2, 0.25) is 5.02 Å². The van der Waals surface area contributed by atoms with E-state index in [0.29, 0.717) is 10.8 Å². The van der Waals surface area contributed by atoms with E-state index in [1.54, 1.807) is 35.6 Å². The van der Waals surface area contributed by atoms with Crippen molar-refractivity contribution in [2.75, 3.05) is 11.5 Å². The zero-order valence-corrected chi connectivity index (χ0v) is 15.3. The second-order valence-electron chi connectivity index (χ2n) is 5.01. The maximum Gasteiger partial charge on any atom is 0.155 e. The summed E-state index contributed by atoms with van der Waals surface area (Å²) in [5.41, 5.74) is 1.73. The topological polar surface area (TPSA) is 47.0 Å². The van der Waals surface area contributed by atoms with E-state index in [-0.39, 0.29) is 11.5 Å². The van der Waals surface area contributed by atoms with E-state index in [2.05, 4.69) is 4.98 Å². The van der Waals surface area contributed by atoms with E-state index in [1.165, 1.54) is 11.8 Å². The van der Waals surface area contributed by atoms with Gasteiger partial charge < -0.3 is 0 Å². The normalized spacial score (nSPS) is 11.9. The van der Waals surface area contributed by atoms with E-state index < -0.39 is 9.84 Å². The molecule has 23 heavy (non-hydrogen) atoms. The first-order valence-corrected chi connectivity index (χ1v) is 11.0. The van der Waals surface area contributed by atoms with Gasteiger partial charge >= 0.3 is 0 Å². The van der Waals surface area contributed by atoms with Crippen molar-refractivity contribution in [1.29, 1.82) is 0 Å². The molecule has 1 heterocycles. The lowest BCUT2D eigenvalue weighted by molar-refractivity contribution is 0.597. The number of thioether (sulfide) groups is 1. The SMILES string of the molecule is O=S(=O)(CCSc1nc2ccccc2s1)Cc1ccc(Cl)cc1. The largest absolute Gasteiger partial charge is 0.230 e. The average molecular weight is 384 g/mol. The zero-order valence-electron chi connectivity index (χ0n) is 12.1. The summed E-state index contributed by atoms with van der Waals surface area (Å²) in [6, 6.07) is 14.8. The first kappa shape index (κ1) is 16.8. The third-order valence-electron chi connectivity index (χ3n) is 3.19. The maximum atomic E-state index is 12.2. The monoisotopic (exact) mass is 383 g/mol. The minimum Gasteiger partial charge on any atom is -0.230 e. The predicted molar refractivity (Wildman–Crippen MR) is 99.3 cm³/mol. The summed E-state index contributed by atoms with van der Waals surface area (Å²) in [5.74, 6) is 0.691. The fraction of sp³-hybridized carbons (Fsp3) is 0.188. The number of fused-ring (bicyclic) bond motifs is 1. The van der Waals surface area contributed by atoms with Crippen molar-refractivity contribution in [3.05, 3.63) is 59.1 Å². The molecule has 0 saturated heterocycles. The minimum absolute atomic E-state index is 0.0462. The summed E-state index contributed by atoms with van der Waals surface area (Å²) >= 11 is 8.90. The summed E-state index contributed by atoms with van der Waals surface area (Å²) in [4.78, 5) is 4.50. The molecule has 3 rings (SSSR count). The van der Waals surface area contributed by atoms with Gasteiger partial charge in [-0.05, 0) is 29.8 Å². The number of para-hydroxylation sites is 1. The quantitative estimate of drug-likeness (QED) is 0.581. The summed E-state index contributed by atoms with van der Waals surface area (Å²) in [6.07, 6.45) is 0. The van der Waals surface area contributed by atoms with Crippen molar-refractivity contribution in [2.24, 2.45) is 0 Å². The molecule has 0 fully saturated rings. The lowest BCUT2D eigenvalue weighted by Gasteiger charge is -2.04. The van der Waals surface area contributed by atoms with Gasteiger partial charge in [0.2, 0.25) is 0 Å². The Balaban J connectivity index is 1.57. The lowest BCUT2D eigenvalue weighted by atomic mass is 10.2. The van der Waals surface area contributed by atoms with Crippen molar-refractivity contribution < 1.29 is 8.42 Å². The molecule has 0 aliphatic rings. The molecule has 0 N–H and O–H groups in total. The summed E-state index contributed by atoms with van der Waals surface area (Å²) < 4.78 is 26.4. The van der Waals surface area contributed by atoms with Gasteiger partial charge in [0, 0.05) is 10.8 Å². The molecular weight excluding hydrogens is 370 g/mol. The van der Waals surface area contributed by atoms with E-state index in [0.717, 1.165) is 20.1 Å². The van der Waals surface area contributed by atoms with Gasteiger partial charge in [-0.25, -0.2) is 13.4 Å². The number of hydrogen-bond acceptors (Lipinski definition) is 5. The van der Waals surface area contributed by atoms with Gasteiger partial charge in [0.1, 0.15) is 0 Å².